The van der Waals surface area contributed by atoms with Crippen molar-refractivity contribution >= 4 is 16.9 Å². The van der Waals surface area contributed by atoms with E-state index in [9.17, 15) is 9.59 Å². The van der Waals surface area contributed by atoms with Gasteiger partial charge in [0.15, 0.2) is 5.65 Å². The Morgan fingerprint density at radius 2 is 2.04 bits per heavy atom. The van der Waals surface area contributed by atoms with Gasteiger partial charge in [0.25, 0.3) is 5.56 Å². The van der Waals surface area contributed by atoms with Gasteiger partial charge in [0.1, 0.15) is 18.3 Å². The molecular weight excluding hydrogens is 354 g/mol. The highest BCUT2D eigenvalue weighted by Crippen LogP contribution is 2.19. The predicted molar refractivity (Wildman–Crippen MR) is 107 cm³/mol. The van der Waals surface area contributed by atoms with Crippen LogP contribution in [-0.2, 0) is 11.3 Å². The number of hydrogen-bond donors (Lipinski definition) is 1. The molecule has 7 heteroatoms. The Morgan fingerprint density at radius 3 is 2.82 bits per heavy atom. The van der Waals surface area contributed by atoms with Crippen LogP contribution in [0, 0.1) is 0 Å². The summed E-state index contributed by atoms with van der Waals surface area (Å²) in [6.45, 7) is 0.554. The lowest BCUT2D eigenvalue weighted by molar-refractivity contribution is -0.121. The second-order valence-corrected chi connectivity index (χ2v) is 7.01. The van der Waals surface area contributed by atoms with Crippen LogP contribution in [-0.4, -0.2) is 31.8 Å². The second-order valence-electron chi connectivity index (χ2n) is 7.01. The molecule has 1 aliphatic carbocycles. The smallest absolute Gasteiger partial charge is 0.264 e. The quantitative estimate of drug-likeness (QED) is 0.670. The van der Waals surface area contributed by atoms with Crippen LogP contribution in [0.3, 0.4) is 0 Å². The minimum absolute atomic E-state index is 0.0443. The van der Waals surface area contributed by atoms with E-state index in [0.29, 0.717) is 17.6 Å². The zero-order chi connectivity index (χ0) is 19.3. The Hall–Kier alpha value is -3.22. The number of allylic oxidation sites excluding steroid dienone is 1. The number of fused-ring (bicyclic) bond motifs is 1. The van der Waals surface area contributed by atoms with Crippen molar-refractivity contribution in [1.82, 2.24) is 24.6 Å². The number of nitrogens with one attached hydrogen (secondary N) is 1. The first-order valence-electron chi connectivity index (χ1n) is 9.65. The van der Waals surface area contributed by atoms with Crippen molar-refractivity contribution in [3.63, 3.8) is 0 Å². The molecule has 28 heavy (non-hydrogen) atoms. The summed E-state index contributed by atoms with van der Waals surface area (Å²) in [5.74, 6) is -0.185. The van der Waals surface area contributed by atoms with Crippen molar-refractivity contribution in [2.75, 3.05) is 6.54 Å². The molecule has 2 aromatic heterocycles. The third-order valence-corrected chi connectivity index (χ3v) is 5.02. The van der Waals surface area contributed by atoms with Crippen LogP contribution in [0.25, 0.3) is 16.7 Å². The first-order chi connectivity index (χ1) is 13.7. The van der Waals surface area contributed by atoms with Crippen LogP contribution in [0.1, 0.15) is 32.1 Å². The van der Waals surface area contributed by atoms with E-state index in [1.165, 1.54) is 35.5 Å². The fraction of sp³-hybridized carbons (Fsp3) is 0.333. The molecule has 1 aliphatic rings. The lowest BCUT2D eigenvalue weighted by atomic mass is 9.97. The van der Waals surface area contributed by atoms with Crippen molar-refractivity contribution in [2.45, 2.75) is 38.6 Å². The molecule has 1 amide bonds. The molecule has 1 aromatic carbocycles. The molecule has 1 N–H and O–H groups in total. The second kappa shape index (κ2) is 8.21. The Bertz CT molecular complexity index is 1070. The molecule has 3 aromatic rings. The molecule has 4 rings (SSSR count). The van der Waals surface area contributed by atoms with E-state index in [-0.39, 0.29) is 18.0 Å². The Kier molecular flexibility index (Phi) is 5.32. The Morgan fingerprint density at radius 1 is 1.18 bits per heavy atom. The number of benzene rings is 1. The fourth-order valence-corrected chi connectivity index (χ4v) is 3.52. The number of aromatic nitrogens is 4. The molecule has 0 saturated heterocycles. The van der Waals surface area contributed by atoms with Gasteiger partial charge in [-0.3, -0.25) is 14.2 Å². The highest BCUT2D eigenvalue weighted by molar-refractivity contribution is 5.77. The lowest BCUT2D eigenvalue weighted by Crippen LogP contribution is -2.33. The van der Waals surface area contributed by atoms with E-state index < -0.39 is 0 Å². The van der Waals surface area contributed by atoms with E-state index in [4.69, 9.17) is 0 Å². The van der Waals surface area contributed by atoms with Crippen molar-refractivity contribution in [3.05, 3.63) is 64.9 Å². The number of nitrogens with zero attached hydrogens (tertiary/aromatic N) is 4. The average molecular weight is 377 g/mol. The topological polar surface area (TPSA) is 81.8 Å². The van der Waals surface area contributed by atoms with Crippen LogP contribution in [0.4, 0.5) is 0 Å². The third kappa shape index (κ3) is 3.88. The summed E-state index contributed by atoms with van der Waals surface area (Å²) in [5, 5.41) is 7.57. The van der Waals surface area contributed by atoms with E-state index in [0.717, 1.165) is 24.9 Å². The summed E-state index contributed by atoms with van der Waals surface area (Å²) >= 11 is 0. The van der Waals surface area contributed by atoms with Gasteiger partial charge >= 0.3 is 0 Å². The summed E-state index contributed by atoms with van der Waals surface area (Å²) in [7, 11) is 0. The van der Waals surface area contributed by atoms with Crippen LogP contribution in [0.2, 0.25) is 0 Å². The number of amides is 1. The Labute approximate surface area is 162 Å². The highest BCUT2D eigenvalue weighted by Gasteiger charge is 2.13. The summed E-state index contributed by atoms with van der Waals surface area (Å²) < 4.78 is 2.95. The SMILES string of the molecule is O=C(Cn1cnc2c(cnn2-c2ccccc2)c1=O)NCCC1=CCCCC1. The maximum absolute atomic E-state index is 12.7. The number of hydrogen-bond acceptors (Lipinski definition) is 4. The van der Waals surface area contributed by atoms with Crippen LogP contribution < -0.4 is 10.9 Å². The number of para-hydroxylation sites is 1. The van der Waals surface area contributed by atoms with Crippen LogP contribution in [0.5, 0.6) is 0 Å². The predicted octanol–water partition coefficient (Wildman–Crippen LogP) is 2.59. The molecule has 0 spiro atoms. The molecule has 144 valence electrons. The summed E-state index contributed by atoms with van der Waals surface area (Å²) in [6, 6.07) is 9.51. The average Bonchev–Trinajstić information content (AvgIpc) is 3.16. The van der Waals surface area contributed by atoms with Crippen molar-refractivity contribution < 1.29 is 4.79 Å². The van der Waals surface area contributed by atoms with Gasteiger partial charge in [-0.1, -0.05) is 29.8 Å². The van der Waals surface area contributed by atoms with Gasteiger partial charge < -0.3 is 5.32 Å². The van der Waals surface area contributed by atoms with Gasteiger partial charge in [0.05, 0.1) is 11.9 Å². The lowest BCUT2D eigenvalue weighted by Gasteiger charge is -2.13. The van der Waals surface area contributed by atoms with E-state index in [2.05, 4.69) is 21.5 Å². The van der Waals surface area contributed by atoms with Gasteiger partial charge in [0, 0.05) is 6.54 Å². The van der Waals surface area contributed by atoms with Gasteiger partial charge in [-0.15, -0.1) is 0 Å². The minimum Gasteiger partial charge on any atom is -0.354 e. The number of carbonyl (C=O) groups excluding carboxylic acids is 1. The zero-order valence-electron chi connectivity index (χ0n) is 15.7. The summed E-state index contributed by atoms with van der Waals surface area (Å²) in [6.07, 6.45) is 10.8. The largest absolute Gasteiger partial charge is 0.354 e. The standard InChI is InChI=1S/C21H23N5O2/c27-19(22-12-11-16-7-3-1-4-8-16)14-25-15-23-20-18(21(25)28)13-24-26(20)17-9-5-2-6-10-17/h2,5-7,9-10,13,15H,1,3-4,8,11-12,14H2,(H,22,27). The highest BCUT2D eigenvalue weighted by atomic mass is 16.2. The molecule has 0 bridgehead atoms. The normalized spacial score (nSPS) is 14.1. The van der Waals surface area contributed by atoms with E-state index in [1.54, 1.807) is 4.68 Å². The molecule has 0 saturated carbocycles. The Balaban J connectivity index is 1.44. The van der Waals surface area contributed by atoms with Crippen molar-refractivity contribution in [3.8, 4) is 5.69 Å². The molecule has 0 radical (unpaired) electrons. The van der Waals surface area contributed by atoms with Gasteiger partial charge in [-0.2, -0.15) is 5.10 Å². The van der Waals surface area contributed by atoms with Gasteiger partial charge in [-0.05, 0) is 44.2 Å². The zero-order valence-corrected chi connectivity index (χ0v) is 15.7. The molecule has 7 nitrogen and oxygen atoms in total. The molecule has 0 aliphatic heterocycles. The summed E-state index contributed by atoms with van der Waals surface area (Å²) in [5.41, 5.74) is 2.46. The molecular formula is C21H23N5O2. The maximum Gasteiger partial charge on any atom is 0.264 e. The van der Waals surface area contributed by atoms with E-state index >= 15 is 0 Å². The molecule has 0 fully saturated rings. The molecule has 0 atom stereocenters. The monoisotopic (exact) mass is 377 g/mol. The van der Waals surface area contributed by atoms with Gasteiger partial charge in [-0.25, -0.2) is 9.67 Å². The third-order valence-electron chi connectivity index (χ3n) is 5.02. The van der Waals surface area contributed by atoms with E-state index in [1.807, 2.05) is 30.3 Å². The van der Waals surface area contributed by atoms with Crippen molar-refractivity contribution in [2.24, 2.45) is 0 Å². The van der Waals surface area contributed by atoms with Crippen LogP contribution >= 0.6 is 0 Å². The molecule has 2 heterocycles. The number of carbonyl (C=O) groups is 1. The summed E-state index contributed by atoms with van der Waals surface area (Å²) in [4.78, 5) is 29.3. The van der Waals surface area contributed by atoms with Crippen molar-refractivity contribution in [1.29, 1.82) is 0 Å². The first-order valence-corrected chi connectivity index (χ1v) is 9.65. The van der Waals surface area contributed by atoms with Crippen LogP contribution in [0.15, 0.2) is 59.3 Å². The first kappa shape index (κ1) is 18.2. The number of rotatable bonds is 6. The minimum atomic E-state index is -0.266. The fourth-order valence-electron chi connectivity index (χ4n) is 3.52. The maximum atomic E-state index is 12.7. The van der Waals surface area contributed by atoms with Gasteiger partial charge in [0.2, 0.25) is 5.91 Å². The molecule has 0 unspecified atom stereocenters.